The van der Waals surface area contributed by atoms with Gasteiger partial charge in [0.05, 0.1) is 30.5 Å². The Morgan fingerprint density at radius 2 is 2.06 bits per heavy atom. The predicted octanol–water partition coefficient (Wildman–Crippen LogP) is 4.82. The maximum atomic E-state index is 13.8. The zero-order valence-electron chi connectivity index (χ0n) is 17.8. The first-order chi connectivity index (χ1) is 15.4. The van der Waals surface area contributed by atoms with Gasteiger partial charge >= 0.3 is 0 Å². The minimum absolute atomic E-state index is 0.171. The van der Waals surface area contributed by atoms with Crippen LogP contribution in [0.3, 0.4) is 0 Å². The third-order valence-corrected chi connectivity index (χ3v) is 5.18. The minimum Gasteiger partial charge on any atom is -0.497 e. The lowest BCUT2D eigenvalue weighted by Crippen LogP contribution is -2.30. The summed E-state index contributed by atoms with van der Waals surface area (Å²) in [6.07, 6.45) is -1.29. The van der Waals surface area contributed by atoms with Crippen molar-refractivity contribution in [3.63, 3.8) is 0 Å². The fraction of sp³-hybridized carbons (Fsp3) is 0.261. The van der Waals surface area contributed by atoms with Crippen LogP contribution in [0.2, 0.25) is 0 Å². The number of carbonyl (C=O) groups is 1. The number of methoxy groups -OCH3 is 1. The number of ether oxygens (including phenoxy) is 1. The van der Waals surface area contributed by atoms with Crippen molar-refractivity contribution in [3.8, 4) is 17.2 Å². The van der Waals surface area contributed by atoms with Crippen molar-refractivity contribution in [1.82, 2.24) is 20.1 Å². The van der Waals surface area contributed by atoms with Gasteiger partial charge in [-0.2, -0.15) is 5.10 Å². The number of hydrogen-bond donors (Lipinski definition) is 1. The molecule has 1 aromatic carbocycles. The van der Waals surface area contributed by atoms with Crippen molar-refractivity contribution < 1.29 is 22.7 Å². The molecular weight excluding hydrogens is 418 g/mol. The van der Waals surface area contributed by atoms with Gasteiger partial charge in [0, 0.05) is 5.56 Å². The van der Waals surface area contributed by atoms with Gasteiger partial charge in [-0.3, -0.25) is 4.79 Å². The van der Waals surface area contributed by atoms with Gasteiger partial charge in [0.2, 0.25) is 5.91 Å². The first-order valence-corrected chi connectivity index (χ1v) is 10.0. The molecule has 166 valence electrons. The molecule has 1 unspecified atom stereocenters. The van der Waals surface area contributed by atoms with E-state index in [-0.39, 0.29) is 40.8 Å². The second-order valence-electron chi connectivity index (χ2n) is 7.38. The molecule has 0 aliphatic rings. The Bertz CT molecular complexity index is 1250. The van der Waals surface area contributed by atoms with E-state index in [4.69, 9.17) is 9.15 Å². The summed E-state index contributed by atoms with van der Waals surface area (Å²) in [5.41, 5.74) is 1.51. The van der Waals surface area contributed by atoms with Crippen LogP contribution in [0.25, 0.3) is 22.5 Å². The van der Waals surface area contributed by atoms with Crippen molar-refractivity contribution in [3.05, 3.63) is 65.5 Å². The summed E-state index contributed by atoms with van der Waals surface area (Å²) in [4.78, 5) is 17.2. The van der Waals surface area contributed by atoms with E-state index in [9.17, 15) is 13.6 Å². The molecule has 0 bridgehead atoms. The van der Waals surface area contributed by atoms with Crippen LogP contribution >= 0.6 is 0 Å². The molecule has 0 saturated carbocycles. The topological polar surface area (TPSA) is 82.2 Å². The molecule has 1 atom stereocenters. The number of amides is 1. The van der Waals surface area contributed by atoms with E-state index in [0.29, 0.717) is 17.2 Å². The van der Waals surface area contributed by atoms with Crippen molar-refractivity contribution in [2.24, 2.45) is 0 Å². The third kappa shape index (κ3) is 4.18. The number of aryl methyl sites for hydroxylation is 1. The highest BCUT2D eigenvalue weighted by molar-refractivity contribution is 5.86. The van der Waals surface area contributed by atoms with E-state index >= 15 is 0 Å². The number of nitrogens with one attached hydrogen (secondary N) is 1. The van der Waals surface area contributed by atoms with Gasteiger partial charge in [-0.25, -0.2) is 18.4 Å². The SMILES string of the molecule is COc1cccc(C(C)NC(=O)Cn2nc(C)c3c(C(F)F)cc(-c4ccco4)nc32)c1. The maximum absolute atomic E-state index is 13.8. The number of pyridine rings is 1. The molecule has 9 heteroatoms. The highest BCUT2D eigenvalue weighted by Gasteiger charge is 2.23. The number of halogens is 2. The number of hydrogen-bond acceptors (Lipinski definition) is 5. The molecule has 1 amide bonds. The van der Waals surface area contributed by atoms with Crippen LogP contribution < -0.4 is 10.1 Å². The second-order valence-corrected chi connectivity index (χ2v) is 7.38. The van der Waals surface area contributed by atoms with Crippen molar-refractivity contribution in [2.45, 2.75) is 32.9 Å². The molecule has 3 heterocycles. The van der Waals surface area contributed by atoms with Crippen LogP contribution in [0.4, 0.5) is 8.78 Å². The molecule has 4 rings (SSSR count). The predicted molar refractivity (Wildman–Crippen MR) is 114 cm³/mol. The summed E-state index contributed by atoms with van der Waals surface area (Å²) in [5, 5.41) is 7.45. The first-order valence-electron chi connectivity index (χ1n) is 10.0. The monoisotopic (exact) mass is 440 g/mol. The van der Waals surface area contributed by atoms with Gasteiger partial charge < -0.3 is 14.5 Å². The molecule has 0 spiro atoms. The Morgan fingerprint density at radius 3 is 2.75 bits per heavy atom. The first kappa shape index (κ1) is 21.5. The molecule has 32 heavy (non-hydrogen) atoms. The van der Waals surface area contributed by atoms with E-state index in [1.807, 2.05) is 31.2 Å². The van der Waals surface area contributed by atoms with Crippen LogP contribution in [0.15, 0.2) is 53.1 Å². The fourth-order valence-corrected chi connectivity index (χ4v) is 3.64. The Morgan fingerprint density at radius 1 is 1.25 bits per heavy atom. The lowest BCUT2D eigenvalue weighted by atomic mass is 10.1. The van der Waals surface area contributed by atoms with E-state index in [1.54, 1.807) is 26.2 Å². The summed E-state index contributed by atoms with van der Waals surface area (Å²) in [5.74, 6) is 0.718. The van der Waals surface area contributed by atoms with Gasteiger partial charge in [0.15, 0.2) is 11.4 Å². The lowest BCUT2D eigenvalue weighted by Gasteiger charge is -2.15. The maximum Gasteiger partial charge on any atom is 0.264 e. The van der Waals surface area contributed by atoms with E-state index in [0.717, 1.165) is 5.56 Å². The van der Waals surface area contributed by atoms with Crippen LogP contribution in [0, 0.1) is 6.92 Å². The largest absolute Gasteiger partial charge is 0.497 e. The Kier molecular flexibility index (Phi) is 5.89. The average Bonchev–Trinajstić information content (AvgIpc) is 3.42. The van der Waals surface area contributed by atoms with Gasteiger partial charge in [0.25, 0.3) is 6.43 Å². The number of alkyl halides is 2. The smallest absolute Gasteiger partial charge is 0.264 e. The molecule has 0 fully saturated rings. The van der Waals surface area contributed by atoms with E-state index < -0.39 is 6.43 Å². The zero-order chi connectivity index (χ0) is 22.8. The Balaban J connectivity index is 1.64. The van der Waals surface area contributed by atoms with Gasteiger partial charge in [-0.05, 0) is 49.7 Å². The quantitative estimate of drug-likeness (QED) is 0.445. The molecule has 0 aliphatic heterocycles. The van der Waals surface area contributed by atoms with Gasteiger partial charge in [-0.1, -0.05) is 12.1 Å². The summed E-state index contributed by atoms with van der Waals surface area (Å²) in [7, 11) is 1.57. The summed E-state index contributed by atoms with van der Waals surface area (Å²) in [6.45, 7) is 3.30. The fourth-order valence-electron chi connectivity index (χ4n) is 3.64. The number of benzene rings is 1. The lowest BCUT2D eigenvalue weighted by molar-refractivity contribution is -0.122. The molecular formula is C23H22F2N4O3. The molecule has 1 N–H and O–H groups in total. The van der Waals surface area contributed by atoms with Gasteiger partial charge in [-0.15, -0.1) is 0 Å². The normalized spacial score (nSPS) is 12.3. The third-order valence-electron chi connectivity index (χ3n) is 5.18. The molecule has 0 saturated heterocycles. The number of rotatable bonds is 7. The van der Waals surface area contributed by atoms with Crippen LogP contribution in [-0.2, 0) is 11.3 Å². The molecule has 7 nitrogen and oxygen atoms in total. The van der Waals surface area contributed by atoms with Crippen molar-refractivity contribution in [2.75, 3.05) is 7.11 Å². The Labute approximate surface area is 183 Å². The Hall–Kier alpha value is -3.75. The molecule has 3 aromatic heterocycles. The molecule has 0 aliphatic carbocycles. The van der Waals surface area contributed by atoms with Gasteiger partial charge in [0.1, 0.15) is 18.0 Å². The number of fused-ring (bicyclic) bond motifs is 1. The standard InChI is InChI=1S/C23H22F2N4O3/c1-13(15-6-4-7-16(10-15)31-3)26-20(30)12-29-23-21(14(2)28-29)17(22(24)25)11-18(27-23)19-8-5-9-32-19/h4-11,13,22H,12H2,1-3H3,(H,26,30). The summed E-state index contributed by atoms with van der Waals surface area (Å²) >= 11 is 0. The van der Waals surface area contributed by atoms with Crippen LogP contribution in [0.5, 0.6) is 5.75 Å². The zero-order valence-corrected chi connectivity index (χ0v) is 17.8. The van der Waals surface area contributed by atoms with Crippen molar-refractivity contribution in [1.29, 1.82) is 0 Å². The number of aromatic nitrogens is 3. The number of carbonyl (C=O) groups excluding carboxylic acids is 1. The second kappa shape index (κ2) is 8.78. The summed E-state index contributed by atoms with van der Waals surface area (Å²) < 4.78 is 39.5. The van der Waals surface area contributed by atoms with E-state index in [1.165, 1.54) is 17.0 Å². The molecule has 4 aromatic rings. The minimum atomic E-state index is -2.73. The molecule has 0 radical (unpaired) electrons. The average molecular weight is 440 g/mol. The highest BCUT2D eigenvalue weighted by Crippen LogP contribution is 2.33. The highest BCUT2D eigenvalue weighted by atomic mass is 19.3. The summed E-state index contributed by atoms with van der Waals surface area (Å²) in [6, 6.07) is 11.7. The van der Waals surface area contributed by atoms with E-state index in [2.05, 4.69) is 15.4 Å². The van der Waals surface area contributed by atoms with Crippen LogP contribution in [0.1, 0.15) is 36.2 Å². The van der Waals surface area contributed by atoms with Crippen molar-refractivity contribution >= 4 is 16.9 Å². The number of nitrogens with zero attached hydrogens (tertiary/aromatic N) is 3. The van der Waals surface area contributed by atoms with Crippen LogP contribution in [-0.4, -0.2) is 27.8 Å². The number of furan rings is 1.